The third-order valence-corrected chi connectivity index (χ3v) is 6.96. The second kappa shape index (κ2) is 7.45. The molecule has 1 unspecified atom stereocenters. The van der Waals surface area contributed by atoms with E-state index in [2.05, 4.69) is 20.6 Å². The van der Waals surface area contributed by atoms with Gasteiger partial charge in [-0.05, 0) is 12.1 Å². The van der Waals surface area contributed by atoms with Gasteiger partial charge in [0.15, 0.2) is 5.44 Å². The Kier molecular flexibility index (Phi) is 5.27. The van der Waals surface area contributed by atoms with Gasteiger partial charge in [0.1, 0.15) is 9.21 Å². The van der Waals surface area contributed by atoms with Crippen LogP contribution in [0.15, 0.2) is 28.7 Å². The number of ether oxygens (including phenoxy) is 1. The van der Waals surface area contributed by atoms with Crippen LogP contribution >= 0.6 is 11.3 Å². The second-order valence-corrected chi connectivity index (χ2v) is 8.61. The molecule has 0 aliphatic carbocycles. The summed E-state index contributed by atoms with van der Waals surface area (Å²) in [5.41, 5.74) is 4.13. The molecule has 2 amide bonds. The highest BCUT2D eigenvalue weighted by atomic mass is 32.2. The Morgan fingerprint density at radius 2 is 2.08 bits per heavy atom. The molecule has 138 valence electrons. The van der Waals surface area contributed by atoms with Gasteiger partial charge >= 0.3 is 0 Å². The van der Waals surface area contributed by atoms with Crippen molar-refractivity contribution in [3.8, 4) is 0 Å². The SMILES string of the molecule is NC(=O)c1cc(S(=O)(=O)C2CNCCO2)sc1NC(=O)c1ncccn1. The van der Waals surface area contributed by atoms with Gasteiger partial charge in [0.25, 0.3) is 11.8 Å². The van der Waals surface area contributed by atoms with Crippen LogP contribution in [0.5, 0.6) is 0 Å². The number of thiophene rings is 1. The Hall–Kier alpha value is -2.41. The van der Waals surface area contributed by atoms with E-state index in [1.54, 1.807) is 6.07 Å². The van der Waals surface area contributed by atoms with Gasteiger partial charge in [0.2, 0.25) is 15.7 Å². The van der Waals surface area contributed by atoms with E-state index in [4.69, 9.17) is 10.5 Å². The smallest absolute Gasteiger partial charge is 0.294 e. The lowest BCUT2D eigenvalue weighted by Gasteiger charge is -2.22. The topological polar surface area (TPSA) is 153 Å². The van der Waals surface area contributed by atoms with E-state index in [1.165, 1.54) is 12.4 Å². The third-order valence-electron chi connectivity index (χ3n) is 3.49. The highest BCUT2D eigenvalue weighted by Gasteiger charge is 2.33. The molecule has 1 aliphatic rings. The van der Waals surface area contributed by atoms with Crippen LogP contribution < -0.4 is 16.4 Å². The molecule has 3 heterocycles. The molecule has 2 aromatic heterocycles. The van der Waals surface area contributed by atoms with Gasteiger partial charge in [-0.3, -0.25) is 9.59 Å². The number of morpholine rings is 1. The Balaban J connectivity index is 1.91. The maximum atomic E-state index is 12.7. The standard InChI is InChI=1S/C14H15N5O5S2/c15-11(20)8-6-10(26(22,23)9-7-16-4-5-24-9)25-14(8)19-13(21)12-17-2-1-3-18-12/h1-3,6,9,16H,4-5,7H2,(H2,15,20)(H,19,21). The van der Waals surface area contributed by atoms with Crippen molar-refractivity contribution in [2.75, 3.05) is 25.0 Å². The van der Waals surface area contributed by atoms with Crippen molar-refractivity contribution in [1.29, 1.82) is 0 Å². The Bertz CT molecular complexity index is 922. The highest BCUT2D eigenvalue weighted by molar-refractivity contribution is 7.94. The summed E-state index contributed by atoms with van der Waals surface area (Å²) in [5.74, 6) is -1.68. The highest BCUT2D eigenvalue weighted by Crippen LogP contribution is 2.34. The lowest BCUT2D eigenvalue weighted by Crippen LogP contribution is -2.42. The van der Waals surface area contributed by atoms with E-state index in [9.17, 15) is 18.0 Å². The molecule has 0 spiro atoms. The Labute approximate surface area is 152 Å². The molecular weight excluding hydrogens is 382 g/mol. The number of hydrogen-bond acceptors (Lipinski definition) is 9. The van der Waals surface area contributed by atoms with Crippen molar-refractivity contribution < 1.29 is 22.7 Å². The number of aromatic nitrogens is 2. The maximum Gasteiger partial charge on any atom is 0.294 e. The van der Waals surface area contributed by atoms with Crippen molar-refractivity contribution in [2.24, 2.45) is 5.73 Å². The largest absolute Gasteiger partial charge is 0.366 e. The van der Waals surface area contributed by atoms with Crippen LogP contribution in [0.25, 0.3) is 0 Å². The summed E-state index contributed by atoms with van der Waals surface area (Å²) < 4.78 is 30.5. The van der Waals surface area contributed by atoms with Crippen LogP contribution in [0, 0.1) is 0 Å². The first-order valence-corrected chi connectivity index (χ1v) is 9.84. The number of hydrogen-bond donors (Lipinski definition) is 3. The van der Waals surface area contributed by atoms with E-state index in [0.29, 0.717) is 6.54 Å². The number of nitrogens with two attached hydrogens (primary N) is 1. The number of amides is 2. The number of nitrogens with one attached hydrogen (secondary N) is 2. The first-order chi connectivity index (χ1) is 12.4. The fourth-order valence-corrected chi connectivity index (χ4v) is 5.21. The van der Waals surface area contributed by atoms with Crippen molar-refractivity contribution in [3.63, 3.8) is 0 Å². The first-order valence-electron chi connectivity index (χ1n) is 7.48. The van der Waals surface area contributed by atoms with E-state index in [1.807, 2.05) is 0 Å². The Morgan fingerprint density at radius 3 is 2.69 bits per heavy atom. The summed E-state index contributed by atoms with van der Waals surface area (Å²) in [6.45, 7) is 0.944. The normalized spacial score (nSPS) is 17.6. The molecule has 0 bridgehead atoms. The summed E-state index contributed by atoms with van der Waals surface area (Å²) in [6, 6.07) is 2.68. The predicted molar refractivity (Wildman–Crippen MR) is 92.6 cm³/mol. The van der Waals surface area contributed by atoms with Gasteiger partial charge in [-0.15, -0.1) is 11.3 Å². The molecule has 2 aromatic rings. The zero-order valence-corrected chi connectivity index (χ0v) is 15.0. The summed E-state index contributed by atoms with van der Waals surface area (Å²) >= 11 is 0.727. The zero-order chi connectivity index (χ0) is 18.7. The molecule has 10 nitrogen and oxygen atoms in total. The van der Waals surface area contributed by atoms with E-state index >= 15 is 0 Å². The molecule has 12 heteroatoms. The molecule has 1 saturated heterocycles. The van der Waals surface area contributed by atoms with E-state index < -0.39 is 27.1 Å². The summed E-state index contributed by atoms with van der Waals surface area (Å²) in [7, 11) is -3.85. The molecular formula is C14H15N5O5S2. The maximum absolute atomic E-state index is 12.7. The van der Waals surface area contributed by atoms with Crippen LogP contribution in [0.1, 0.15) is 21.0 Å². The predicted octanol–water partition coefficient (Wildman–Crippen LogP) is -0.391. The van der Waals surface area contributed by atoms with Gasteiger partial charge < -0.3 is 21.1 Å². The number of carbonyl (C=O) groups is 2. The number of nitrogens with zero attached hydrogens (tertiary/aromatic N) is 2. The molecule has 0 aromatic carbocycles. The lowest BCUT2D eigenvalue weighted by atomic mass is 10.3. The minimum Gasteiger partial charge on any atom is -0.366 e. The minimum absolute atomic E-state index is 0.0114. The van der Waals surface area contributed by atoms with Crippen molar-refractivity contribution in [1.82, 2.24) is 15.3 Å². The summed E-state index contributed by atoms with van der Waals surface area (Å²) in [5, 5.41) is 5.38. The van der Waals surface area contributed by atoms with Crippen LogP contribution in [0.4, 0.5) is 5.00 Å². The number of anilines is 1. The molecule has 0 radical (unpaired) electrons. The van der Waals surface area contributed by atoms with Gasteiger partial charge in [-0.2, -0.15) is 0 Å². The Morgan fingerprint density at radius 1 is 1.35 bits per heavy atom. The van der Waals surface area contributed by atoms with Crippen LogP contribution in [-0.2, 0) is 14.6 Å². The molecule has 4 N–H and O–H groups in total. The quantitative estimate of drug-likeness (QED) is 0.616. The minimum atomic E-state index is -3.85. The third kappa shape index (κ3) is 3.72. The van der Waals surface area contributed by atoms with Gasteiger partial charge in [-0.1, -0.05) is 0 Å². The number of carbonyl (C=O) groups excluding carboxylic acids is 2. The molecule has 26 heavy (non-hydrogen) atoms. The van der Waals surface area contributed by atoms with Crippen LogP contribution in [-0.4, -0.2) is 55.3 Å². The van der Waals surface area contributed by atoms with E-state index in [0.717, 1.165) is 17.4 Å². The average molecular weight is 397 g/mol. The van der Waals surface area contributed by atoms with Crippen molar-refractivity contribution in [3.05, 3.63) is 35.9 Å². The van der Waals surface area contributed by atoms with Crippen LogP contribution in [0.3, 0.4) is 0 Å². The number of primary amides is 1. The summed E-state index contributed by atoms with van der Waals surface area (Å²) in [6.07, 6.45) is 2.77. The molecule has 0 saturated carbocycles. The lowest BCUT2D eigenvalue weighted by molar-refractivity contribution is 0.0786. The van der Waals surface area contributed by atoms with Gasteiger partial charge in [0, 0.05) is 25.5 Å². The molecule has 1 atom stereocenters. The molecule has 3 rings (SSSR count). The second-order valence-electron chi connectivity index (χ2n) is 5.25. The molecule has 1 aliphatic heterocycles. The number of sulfone groups is 1. The fourth-order valence-electron chi connectivity index (χ4n) is 2.23. The summed E-state index contributed by atoms with van der Waals surface area (Å²) in [4.78, 5) is 31.4. The van der Waals surface area contributed by atoms with Crippen LogP contribution in [0.2, 0.25) is 0 Å². The average Bonchev–Trinajstić information content (AvgIpc) is 3.08. The molecule has 1 fully saturated rings. The van der Waals surface area contributed by atoms with E-state index in [-0.39, 0.29) is 33.7 Å². The van der Waals surface area contributed by atoms with Crippen molar-refractivity contribution in [2.45, 2.75) is 9.65 Å². The monoisotopic (exact) mass is 397 g/mol. The zero-order valence-electron chi connectivity index (χ0n) is 13.3. The fraction of sp³-hybridized carbons (Fsp3) is 0.286. The van der Waals surface area contributed by atoms with Gasteiger partial charge in [0.05, 0.1) is 12.2 Å². The van der Waals surface area contributed by atoms with Crippen molar-refractivity contribution >= 4 is 38.0 Å². The first kappa shape index (κ1) is 18.4. The van der Waals surface area contributed by atoms with Gasteiger partial charge in [-0.25, -0.2) is 18.4 Å². The number of rotatable bonds is 5.